The molecule has 1 fully saturated rings. The number of nitrogens with one attached hydrogen (secondary N) is 2. The molecule has 3 N–H and O–H groups in total. The summed E-state index contributed by atoms with van der Waals surface area (Å²) in [5.41, 5.74) is 0.732. The largest absolute Gasteiger partial charge is 0.494 e. The molecule has 0 unspecified atom stereocenters. The summed E-state index contributed by atoms with van der Waals surface area (Å²) < 4.78 is 5.56. The molecule has 1 aliphatic rings. The molecule has 122 valence electrons. The predicted octanol–water partition coefficient (Wildman–Crippen LogP) is 3.15. The van der Waals surface area contributed by atoms with Crippen LogP contribution in [0.1, 0.15) is 39.0 Å². The molecule has 2 amide bonds. The molecule has 0 bridgehead atoms. The summed E-state index contributed by atoms with van der Waals surface area (Å²) in [6.07, 6.45) is 4.76. The molecule has 5 nitrogen and oxygen atoms in total. The fraction of sp³-hybridized carbons (Fsp3) is 0.588. The monoisotopic (exact) mass is 306 g/mol. The van der Waals surface area contributed by atoms with E-state index in [-0.39, 0.29) is 18.7 Å². The van der Waals surface area contributed by atoms with E-state index in [0.717, 1.165) is 43.5 Å². The van der Waals surface area contributed by atoms with Crippen molar-refractivity contribution < 1.29 is 14.6 Å². The molecule has 0 aromatic heterocycles. The maximum atomic E-state index is 12.0. The Kier molecular flexibility index (Phi) is 6.52. The number of ether oxygens (including phenoxy) is 1. The van der Waals surface area contributed by atoms with Crippen LogP contribution in [-0.2, 0) is 0 Å². The number of aliphatic hydroxyl groups excluding tert-OH is 1. The lowest BCUT2D eigenvalue weighted by Gasteiger charge is -2.27. The van der Waals surface area contributed by atoms with Crippen molar-refractivity contribution in [3.8, 4) is 5.75 Å². The Bertz CT molecular complexity index is 471. The van der Waals surface area contributed by atoms with Crippen molar-refractivity contribution in [3.63, 3.8) is 0 Å². The van der Waals surface area contributed by atoms with E-state index >= 15 is 0 Å². The van der Waals surface area contributed by atoms with Gasteiger partial charge in [0.1, 0.15) is 5.75 Å². The van der Waals surface area contributed by atoms with Gasteiger partial charge in [-0.2, -0.15) is 0 Å². The van der Waals surface area contributed by atoms with Gasteiger partial charge in [0.15, 0.2) is 0 Å². The first-order valence-electron chi connectivity index (χ1n) is 8.12. The van der Waals surface area contributed by atoms with E-state index < -0.39 is 0 Å². The maximum Gasteiger partial charge on any atom is 0.319 e. The lowest BCUT2D eigenvalue weighted by Crippen LogP contribution is -2.40. The van der Waals surface area contributed by atoms with Gasteiger partial charge in [0.25, 0.3) is 0 Å². The second-order valence-corrected chi connectivity index (χ2v) is 5.87. The van der Waals surface area contributed by atoms with Gasteiger partial charge in [-0.3, -0.25) is 0 Å². The second kappa shape index (κ2) is 8.63. The van der Waals surface area contributed by atoms with Crippen molar-refractivity contribution in [2.75, 3.05) is 18.5 Å². The van der Waals surface area contributed by atoms with Gasteiger partial charge in [0.05, 0.1) is 6.61 Å². The molecule has 1 aromatic carbocycles. The zero-order chi connectivity index (χ0) is 15.8. The summed E-state index contributed by atoms with van der Waals surface area (Å²) in [4.78, 5) is 12.0. The average Bonchev–Trinajstić information content (AvgIpc) is 2.54. The van der Waals surface area contributed by atoms with Crippen molar-refractivity contribution in [2.24, 2.45) is 5.92 Å². The fourth-order valence-corrected chi connectivity index (χ4v) is 2.73. The molecule has 0 aliphatic heterocycles. The summed E-state index contributed by atoms with van der Waals surface area (Å²) in [5, 5.41) is 15.0. The Hall–Kier alpha value is -1.75. The molecule has 0 radical (unpaired) electrons. The summed E-state index contributed by atoms with van der Waals surface area (Å²) in [6, 6.07) is 7.45. The van der Waals surface area contributed by atoms with Crippen LogP contribution in [-0.4, -0.2) is 30.4 Å². The third-order valence-electron chi connectivity index (χ3n) is 4.00. The van der Waals surface area contributed by atoms with Crippen LogP contribution in [0.5, 0.6) is 5.75 Å². The normalized spacial score (nSPS) is 21.2. The van der Waals surface area contributed by atoms with Crippen molar-refractivity contribution in [1.82, 2.24) is 5.32 Å². The quantitative estimate of drug-likeness (QED) is 0.756. The summed E-state index contributed by atoms with van der Waals surface area (Å²) in [6.45, 7) is 2.98. The van der Waals surface area contributed by atoms with Gasteiger partial charge in [-0.15, -0.1) is 0 Å². The third kappa shape index (κ3) is 5.22. The van der Waals surface area contributed by atoms with Gasteiger partial charge in [-0.25, -0.2) is 4.79 Å². The van der Waals surface area contributed by atoms with Crippen molar-refractivity contribution in [1.29, 1.82) is 0 Å². The van der Waals surface area contributed by atoms with Crippen molar-refractivity contribution in [2.45, 2.75) is 45.1 Å². The van der Waals surface area contributed by atoms with Crippen molar-refractivity contribution >= 4 is 11.7 Å². The molecular weight excluding hydrogens is 280 g/mol. The van der Waals surface area contributed by atoms with E-state index in [1.54, 1.807) is 0 Å². The summed E-state index contributed by atoms with van der Waals surface area (Å²) >= 11 is 0. The highest BCUT2D eigenvalue weighted by molar-refractivity contribution is 5.89. The highest BCUT2D eigenvalue weighted by Crippen LogP contribution is 2.24. The van der Waals surface area contributed by atoms with Gasteiger partial charge in [-0.05, 0) is 50.2 Å². The predicted molar refractivity (Wildman–Crippen MR) is 87.2 cm³/mol. The van der Waals surface area contributed by atoms with E-state index in [4.69, 9.17) is 9.84 Å². The minimum absolute atomic E-state index is 0.180. The van der Waals surface area contributed by atoms with Crippen LogP contribution in [0.15, 0.2) is 24.3 Å². The molecule has 1 saturated carbocycles. The van der Waals surface area contributed by atoms with Gasteiger partial charge in [-0.1, -0.05) is 13.0 Å². The first-order valence-corrected chi connectivity index (χ1v) is 8.12. The molecule has 0 atom stereocenters. The maximum absolute atomic E-state index is 12.0. The van der Waals surface area contributed by atoms with Crippen LogP contribution in [0.3, 0.4) is 0 Å². The number of carbonyl (C=O) groups excluding carboxylic acids is 1. The molecule has 2 rings (SSSR count). The number of benzene rings is 1. The van der Waals surface area contributed by atoms with E-state index in [1.807, 2.05) is 24.3 Å². The standard InChI is InChI=1S/C17H26N2O3/c1-2-10-22-16-5-3-4-15(11-16)19-17(21)18-14-8-6-13(12-20)7-9-14/h3-5,11,13-14,20H,2,6-10,12H2,1H3,(H2,18,19,21). The van der Waals surface area contributed by atoms with Crippen LogP contribution < -0.4 is 15.4 Å². The molecule has 0 heterocycles. The molecule has 0 spiro atoms. The number of anilines is 1. The Balaban J connectivity index is 1.79. The fourth-order valence-electron chi connectivity index (χ4n) is 2.73. The Labute approximate surface area is 132 Å². The lowest BCUT2D eigenvalue weighted by atomic mass is 9.87. The number of rotatable bonds is 6. The van der Waals surface area contributed by atoms with Crippen LogP contribution in [0.25, 0.3) is 0 Å². The molecule has 5 heteroatoms. The number of aliphatic hydroxyl groups is 1. The zero-order valence-corrected chi connectivity index (χ0v) is 13.2. The van der Waals surface area contributed by atoms with Crippen LogP contribution >= 0.6 is 0 Å². The first-order chi connectivity index (χ1) is 10.7. The Morgan fingerprint density at radius 1 is 1.32 bits per heavy atom. The van der Waals surface area contributed by atoms with Crippen LogP contribution in [0.2, 0.25) is 0 Å². The highest BCUT2D eigenvalue weighted by Gasteiger charge is 2.21. The third-order valence-corrected chi connectivity index (χ3v) is 4.00. The van der Waals surface area contributed by atoms with Gasteiger partial charge in [0.2, 0.25) is 0 Å². The minimum atomic E-state index is -0.180. The number of carbonyl (C=O) groups is 1. The first kappa shape index (κ1) is 16.6. The summed E-state index contributed by atoms with van der Waals surface area (Å²) in [7, 11) is 0. The second-order valence-electron chi connectivity index (χ2n) is 5.87. The van der Waals surface area contributed by atoms with Gasteiger partial charge < -0.3 is 20.5 Å². The average molecular weight is 306 g/mol. The SMILES string of the molecule is CCCOc1cccc(NC(=O)NC2CCC(CO)CC2)c1. The minimum Gasteiger partial charge on any atom is -0.494 e. The number of urea groups is 1. The smallest absolute Gasteiger partial charge is 0.319 e. The summed E-state index contributed by atoms with van der Waals surface area (Å²) in [5.74, 6) is 1.16. The van der Waals surface area contributed by atoms with E-state index in [0.29, 0.717) is 12.5 Å². The molecule has 0 saturated heterocycles. The van der Waals surface area contributed by atoms with Gasteiger partial charge in [0, 0.05) is 24.4 Å². The molecule has 1 aromatic rings. The van der Waals surface area contributed by atoms with Gasteiger partial charge >= 0.3 is 6.03 Å². The van der Waals surface area contributed by atoms with Crippen molar-refractivity contribution in [3.05, 3.63) is 24.3 Å². The number of hydrogen-bond acceptors (Lipinski definition) is 3. The van der Waals surface area contributed by atoms with E-state index in [2.05, 4.69) is 17.6 Å². The van der Waals surface area contributed by atoms with Crippen LogP contribution in [0, 0.1) is 5.92 Å². The zero-order valence-electron chi connectivity index (χ0n) is 13.2. The topological polar surface area (TPSA) is 70.6 Å². The highest BCUT2D eigenvalue weighted by atomic mass is 16.5. The Morgan fingerprint density at radius 2 is 2.09 bits per heavy atom. The number of hydrogen-bond donors (Lipinski definition) is 3. The molecular formula is C17H26N2O3. The lowest BCUT2D eigenvalue weighted by molar-refractivity contribution is 0.176. The van der Waals surface area contributed by atoms with E-state index in [9.17, 15) is 4.79 Å². The molecule has 1 aliphatic carbocycles. The van der Waals surface area contributed by atoms with Crippen LogP contribution in [0.4, 0.5) is 10.5 Å². The molecule has 22 heavy (non-hydrogen) atoms. The number of amides is 2. The van der Waals surface area contributed by atoms with E-state index in [1.165, 1.54) is 0 Å². The Morgan fingerprint density at radius 3 is 2.77 bits per heavy atom.